The molecule has 110 valence electrons. The van der Waals surface area contributed by atoms with Crippen LogP contribution in [0.15, 0.2) is 23.7 Å². The quantitative estimate of drug-likeness (QED) is 0.479. The van der Waals surface area contributed by atoms with E-state index in [0.717, 1.165) is 0 Å². The molecule has 0 unspecified atom stereocenters. The van der Waals surface area contributed by atoms with Gasteiger partial charge in [-0.2, -0.15) is 0 Å². The predicted octanol–water partition coefficient (Wildman–Crippen LogP) is 2.90. The molecule has 0 aliphatic heterocycles. The Balaban J connectivity index is 2.48. The molecule has 0 saturated carbocycles. The van der Waals surface area contributed by atoms with Gasteiger partial charge in [-0.05, 0) is 19.1 Å². The second-order valence-corrected chi connectivity index (χ2v) is 4.75. The maximum absolute atomic E-state index is 11.8. The fraction of sp³-hybridized carbons (Fsp3) is 0.231. The lowest BCUT2D eigenvalue weighted by Gasteiger charge is -2.05. The Hall–Kier alpha value is -2.48. The summed E-state index contributed by atoms with van der Waals surface area (Å²) < 4.78 is 9.87. The average Bonchev–Trinajstić information content (AvgIpc) is 2.96. The Labute approximate surface area is 124 Å². The number of ether oxygens (including phenoxy) is 2. The standard InChI is InChI=1S/C13H12N2O5S/c1-3-20-13(16)11-12(21-7-14-11)8-4-5-10(19-2)9(6-8)15(17)18/h4-7H,3H2,1-2H3. The maximum atomic E-state index is 11.8. The number of nitro benzene ring substituents is 1. The predicted molar refractivity (Wildman–Crippen MR) is 76.7 cm³/mol. The maximum Gasteiger partial charge on any atom is 0.358 e. The van der Waals surface area contributed by atoms with Gasteiger partial charge in [-0.25, -0.2) is 9.78 Å². The zero-order valence-electron chi connectivity index (χ0n) is 11.4. The highest BCUT2D eigenvalue weighted by molar-refractivity contribution is 7.13. The van der Waals surface area contributed by atoms with Crippen molar-refractivity contribution in [1.29, 1.82) is 0 Å². The molecule has 2 aromatic rings. The number of thiazole rings is 1. The van der Waals surface area contributed by atoms with Gasteiger partial charge in [0.05, 0.1) is 29.0 Å². The summed E-state index contributed by atoms with van der Waals surface area (Å²) in [5.74, 6) is -0.391. The van der Waals surface area contributed by atoms with E-state index in [4.69, 9.17) is 9.47 Å². The molecule has 0 amide bonds. The molecule has 0 N–H and O–H groups in total. The van der Waals surface area contributed by atoms with E-state index in [-0.39, 0.29) is 23.7 Å². The van der Waals surface area contributed by atoms with Gasteiger partial charge in [-0.1, -0.05) is 0 Å². The molecule has 1 aromatic heterocycles. The van der Waals surface area contributed by atoms with Crippen LogP contribution in [-0.4, -0.2) is 29.6 Å². The van der Waals surface area contributed by atoms with Crippen molar-refractivity contribution in [1.82, 2.24) is 4.98 Å². The van der Waals surface area contributed by atoms with Gasteiger partial charge in [0.25, 0.3) is 0 Å². The average molecular weight is 308 g/mol. The van der Waals surface area contributed by atoms with E-state index < -0.39 is 10.9 Å². The Morgan fingerprint density at radius 1 is 1.48 bits per heavy atom. The lowest BCUT2D eigenvalue weighted by atomic mass is 10.1. The molecule has 8 heteroatoms. The van der Waals surface area contributed by atoms with Crippen LogP contribution >= 0.6 is 11.3 Å². The van der Waals surface area contributed by atoms with Crippen molar-refractivity contribution in [2.75, 3.05) is 13.7 Å². The highest BCUT2D eigenvalue weighted by Crippen LogP contribution is 2.35. The van der Waals surface area contributed by atoms with Crippen molar-refractivity contribution in [2.24, 2.45) is 0 Å². The van der Waals surface area contributed by atoms with Gasteiger partial charge in [0.2, 0.25) is 0 Å². The summed E-state index contributed by atoms with van der Waals surface area (Å²) in [5.41, 5.74) is 2.00. The summed E-state index contributed by atoms with van der Waals surface area (Å²) >= 11 is 1.22. The summed E-state index contributed by atoms with van der Waals surface area (Å²) in [6.45, 7) is 1.93. The minimum atomic E-state index is -0.549. The first-order valence-corrected chi connectivity index (χ1v) is 6.89. The summed E-state index contributed by atoms with van der Waals surface area (Å²) in [5, 5.41) is 11.0. The van der Waals surface area contributed by atoms with E-state index in [9.17, 15) is 14.9 Å². The van der Waals surface area contributed by atoms with Crippen molar-refractivity contribution >= 4 is 23.0 Å². The molecule has 21 heavy (non-hydrogen) atoms. The minimum absolute atomic E-state index is 0.154. The second kappa shape index (κ2) is 6.31. The van der Waals surface area contributed by atoms with Gasteiger partial charge in [-0.15, -0.1) is 11.3 Å². The van der Waals surface area contributed by atoms with Crippen LogP contribution in [0, 0.1) is 10.1 Å². The van der Waals surface area contributed by atoms with Crippen LogP contribution in [0.2, 0.25) is 0 Å². The van der Waals surface area contributed by atoms with E-state index in [1.165, 1.54) is 36.1 Å². The van der Waals surface area contributed by atoms with Gasteiger partial charge in [-0.3, -0.25) is 10.1 Å². The van der Waals surface area contributed by atoms with Crippen LogP contribution in [0.5, 0.6) is 5.75 Å². The SMILES string of the molecule is CCOC(=O)c1ncsc1-c1ccc(OC)c([N+](=O)[O-])c1. The molecule has 0 radical (unpaired) electrons. The largest absolute Gasteiger partial charge is 0.490 e. The van der Waals surface area contributed by atoms with Crippen molar-refractivity contribution in [3.8, 4) is 16.2 Å². The first kappa shape index (κ1) is 14.9. The number of aromatic nitrogens is 1. The van der Waals surface area contributed by atoms with Crippen molar-refractivity contribution in [3.05, 3.63) is 39.5 Å². The van der Waals surface area contributed by atoms with Crippen molar-refractivity contribution in [2.45, 2.75) is 6.92 Å². The van der Waals surface area contributed by atoms with E-state index in [0.29, 0.717) is 10.4 Å². The first-order chi connectivity index (χ1) is 10.1. The number of hydrogen-bond acceptors (Lipinski definition) is 7. The summed E-state index contributed by atoms with van der Waals surface area (Å²) in [4.78, 5) is 26.8. The molecule has 0 spiro atoms. The smallest absolute Gasteiger partial charge is 0.358 e. The van der Waals surface area contributed by atoms with Crippen molar-refractivity contribution < 1.29 is 19.2 Å². The fourth-order valence-electron chi connectivity index (χ4n) is 1.77. The molecule has 0 fully saturated rings. The molecule has 1 heterocycles. The monoisotopic (exact) mass is 308 g/mol. The molecular weight excluding hydrogens is 296 g/mol. The number of esters is 1. The lowest BCUT2D eigenvalue weighted by Crippen LogP contribution is -2.06. The molecule has 0 bridgehead atoms. The zero-order valence-corrected chi connectivity index (χ0v) is 12.2. The number of nitro groups is 1. The van der Waals surface area contributed by atoms with Gasteiger partial charge < -0.3 is 9.47 Å². The molecule has 2 rings (SSSR count). The molecule has 0 aliphatic carbocycles. The van der Waals surface area contributed by atoms with Gasteiger partial charge >= 0.3 is 11.7 Å². The Bertz CT molecular complexity index is 683. The van der Waals surface area contributed by atoms with Crippen LogP contribution in [0.1, 0.15) is 17.4 Å². The van der Waals surface area contributed by atoms with E-state index in [2.05, 4.69) is 4.98 Å². The minimum Gasteiger partial charge on any atom is -0.490 e. The van der Waals surface area contributed by atoms with E-state index in [1.807, 2.05) is 0 Å². The third kappa shape index (κ3) is 3.00. The third-order valence-corrected chi connectivity index (χ3v) is 3.55. The van der Waals surface area contributed by atoms with Crippen LogP contribution in [0.4, 0.5) is 5.69 Å². The normalized spacial score (nSPS) is 10.2. The Morgan fingerprint density at radius 2 is 2.24 bits per heavy atom. The highest BCUT2D eigenvalue weighted by Gasteiger charge is 2.21. The van der Waals surface area contributed by atoms with Crippen LogP contribution in [0.25, 0.3) is 10.4 Å². The number of carbonyl (C=O) groups is 1. The summed E-state index contributed by atoms with van der Waals surface area (Å²) in [6.07, 6.45) is 0. The lowest BCUT2D eigenvalue weighted by molar-refractivity contribution is -0.385. The number of benzene rings is 1. The van der Waals surface area contributed by atoms with E-state index in [1.54, 1.807) is 13.0 Å². The van der Waals surface area contributed by atoms with Crippen molar-refractivity contribution in [3.63, 3.8) is 0 Å². The highest BCUT2D eigenvalue weighted by atomic mass is 32.1. The zero-order chi connectivity index (χ0) is 15.4. The number of methoxy groups -OCH3 is 1. The molecule has 0 atom stereocenters. The van der Waals surface area contributed by atoms with Gasteiger partial charge in [0, 0.05) is 11.6 Å². The van der Waals surface area contributed by atoms with Crippen LogP contribution < -0.4 is 4.74 Å². The Kier molecular flexibility index (Phi) is 4.49. The van der Waals surface area contributed by atoms with Crippen LogP contribution in [0.3, 0.4) is 0 Å². The molecule has 0 saturated heterocycles. The molecule has 0 aliphatic rings. The van der Waals surface area contributed by atoms with Gasteiger partial charge in [0.1, 0.15) is 0 Å². The first-order valence-electron chi connectivity index (χ1n) is 6.01. The number of carbonyl (C=O) groups excluding carboxylic acids is 1. The molecule has 1 aromatic carbocycles. The Morgan fingerprint density at radius 3 is 2.86 bits per heavy atom. The number of hydrogen-bond donors (Lipinski definition) is 0. The van der Waals surface area contributed by atoms with Crippen LogP contribution in [-0.2, 0) is 4.74 Å². The molecule has 7 nitrogen and oxygen atoms in total. The summed E-state index contributed by atoms with van der Waals surface area (Å²) in [7, 11) is 1.36. The number of rotatable bonds is 5. The fourth-order valence-corrected chi connectivity index (χ4v) is 2.54. The second-order valence-electron chi connectivity index (χ2n) is 3.89. The summed E-state index contributed by atoms with van der Waals surface area (Å²) in [6, 6.07) is 4.49. The topological polar surface area (TPSA) is 91.6 Å². The van der Waals surface area contributed by atoms with Gasteiger partial charge in [0.15, 0.2) is 11.4 Å². The third-order valence-electron chi connectivity index (χ3n) is 2.67. The van der Waals surface area contributed by atoms with E-state index >= 15 is 0 Å². The molecular formula is C13H12N2O5S. The number of nitrogens with zero attached hydrogens (tertiary/aromatic N) is 2.